The molecule has 0 aliphatic carbocycles. The Kier molecular flexibility index (Phi) is 8.91. The van der Waals surface area contributed by atoms with E-state index in [0.29, 0.717) is 11.6 Å². The summed E-state index contributed by atoms with van der Waals surface area (Å²) >= 11 is 6.03. The fourth-order valence-electron chi connectivity index (χ4n) is 3.22. The summed E-state index contributed by atoms with van der Waals surface area (Å²) in [6, 6.07) is 15.4. The lowest BCUT2D eigenvalue weighted by atomic mass is 10.0. The first-order chi connectivity index (χ1) is 15.1. The predicted octanol–water partition coefficient (Wildman–Crippen LogP) is 4.88. The smallest absolute Gasteiger partial charge is 0.475 e. The molecule has 2 aromatic rings. The van der Waals surface area contributed by atoms with Crippen molar-refractivity contribution < 1.29 is 27.9 Å². The highest BCUT2D eigenvalue weighted by Crippen LogP contribution is 2.33. The van der Waals surface area contributed by atoms with Gasteiger partial charge in [-0.1, -0.05) is 49.7 Å². The molecule has 1 aliphatic rings. The van der Waals surface area contributed by atoms with Crippen LogP contribution in [0, 0.1) is 0 Å². The van der Waals surface area contributed by atoms with Crippen LogP contribution in [0.15, 0.2) is 48.5 Å². The minimum Gasteiger partial charge on any atom is -0.475 e. The maximum absolute atomic E-state index is 13.1. The summed E-state index contributed by atoms with van der Waals surface area (Å²) in [6.07, 6.45) is -5.27. The van der Waals surface area contributed by atoms with Crippen molar-refractivity contribution in [2.75, 3.05) is 31.5 Å². The van der Waals surface area contributed by atoms with E-state index in [1.165, 1.54) is 0 Å². The highest BCUT2D eigenvalue weighted by Gasteiger charge is 2.38. The predicted molar refractivity (Wildman–Crippen MR) is 117 cm³/mol. The maximum Gasteiger partial charge on any atom is 0.490 e. The van der Waals surface area contributed by atoms with Crippen LogP contribution in [0.4, 0.5) is 18.9 Å². The molecule has 0 radical (unpaired) electrons. The molecule has 1 aliphatic heterocycles. The van der Waals surface area contributed by atoms with Crippen molar-refractivity contribution in [2.24, 2.45) is 0 Å². The molecule has 1 atom stereocenters. The average molecular weight is 472 g/mol. The van der Waals surface area contributed by atoms with Crippen LogP contribution in [0.25, 0.3) is 0 Å². The highest BCUT2D eigenvalue weighted by molar-refractivity contribution is 6.30. The van der Waals surface area contributed by atoms with E-state index in [2.05, 4.69) is 24.1 Å². The van der Waals surface area contributed by atoms with Crippen molar-refractivity contribution in [3.8, 4) is 0 Å². The van der Waals surface area contributed by atoms with Crippen LogP contribution in [0.5, 0.6) is 0 Å². The van der Waals surface area contributed by atoms with E-state index in [1.54, 1.807) is 0 Å². The molecule has 2 N–H and O–H groups in total. The van der Waals surface area contributed by atoms with Gasteiger partial charge in [0.25, 0.3) is 5.91 Å². The van der Waals surface area contributed by atoms with Gasteiger partial charge < -0.3 is 20.2 Å². The molecule has 2 aromatic carbocycles. The number of para-hydroxylation sites is 1. The number of nitrogens with one attached hydrogen (secondary N) is 1. The summed E-state index contributed by atoms with van der Waals surface area (Å²) in [5, 5.41) is 11.3. The summed E-state index contributed by atoms with van der Waals surface area (Å²) in [4.78, 5) is 26.2. The Morgan fingerprint density at radius 1 is 1.12 bits per heavy atom. The Labute approximate surface area is 189 Å². The summed E-state index contributed by atoms with van der Waals surface area (Å²) in [5.41, 5.74) is 2.64. The molecule has 1 heterocycles. The number of benzene rings is 2. The zero-order chi connectivity index (χ0) is 23.9. The first kappa shape index (κ1) is 25.5. The van der Waals surface area contributed by atoms with Gasteiger partial charge in [0.15, 0.2) is 0 Å². The molecule has 1 amide bonds. The van der Waals surface area contributed by atoms with Gasteiger partial charge in [-0.05, 0) is 42.9 Å². The molecular formula is C22H25ClF3N3O3. The monoisotopic (exact) mass is 471 g/mol. The largest absolute Gasteiger partial charge is 0.490 e. The summed E-state index contributed by atoms with van der Waals surface area (Å²) in [5.74, 6) is -2.69. The van der Waals surface area contributed by atoms with E-state index in [9.17, 15) is 18.0 Å². The van der Waals surface area contributed by atoms with E-state index >= 15 is 0 Å². The SMILES string of the molecule is CCN(CC)CCN1C(=O)c2ccccc2NC1c1ccc(Cl)cc1.O=C(O)C(F)(F)F. The second-order valence-electron chi connectivity index (χ2n) is 6.97. The van der Waals surface area contributed by atoms with Gasteiger partial charge in [-0.2, -0.15) is 13.2 Å². The van der Waals surface area contributed by atoms with Gasteiger partial charge in [0.2, 0.25) is 0 Å². The Morgan fingerprint density at radius 2 is 1.69 bits per heavy atom. The lowest BCUT2D eigenvalue weighted by Gasteiger charge is -2.39. The lowest BCUT2D eigenvalue weighted by molar-refractivity contribution is -0.192. The molecular weight excluding hydrogens is 447 g/mol. The fourth-order valence-corrected chi connectivity index (χ4v) is 3.35. The molecule has 32 heavy (non-hydrogen) atoms. The van der Waals surface area contributed by atoms with Gasteiger partial charge in [0.05, 0.1) is 5.56 Å². The van der Waals surface area contributed by atoms with Crippen LogP contribution < -0.4 is 5.32 Å². The van der Waals surface area contributed by atoms with Crippen molar-refractivity contribution in [3.63, 3.8) is 0 Å². The number of halogens is 4. The number of likely N-dealkylation sites (N-methyl/N-ethyl adjacent to an activating group) is 1. The number of carbonyl (C=O) groups excluding carboxylic acids is 1. The maximum atomic E-state index is 13.1. The van der Waals surface area contributed by atoms with Crippen molar-refractivity contribution in [3.05, 3.63) is 64.7 Å². The Bertz CT molecular complexity index is 919. The lowest BCUT2D eigenvalue weighted by Crippen LogP contribution is -2.46. The second-order valence-corrected chi connectivity index (χ2v) is 7.41. The minimum atomic E-state index is -5.08. The fraction of sp³-hybridized carbons (Fsp3) is 0.364. The molecule has 0 saturated heterocycles. The van der Waals surface area contributed by atoms with Gasteiger partial charge in [0, 0.05) is 23.8 Å². The molecule has 6 nitrogen and oxygen atoms in total. The van der Waals surface area contributed by atoms with Crippen LogP contribution >= 0.6 is 11.6 Å². The summed E-state index contributed by atoms with van der Waals surface area (Å²) in [6.45, 7) is 7.78. The standard InChI is InChI=1S/C20H24ClN3O.C2HF3O2/c1-3-23(4-2)13-14-24-19(15-9-11-16(21)12-10-15)22-18-8-6-5-7-17(18)20(24)25;3-2(4,5)1(6)7/h5-12,19,22H,3-4,13-14H2,1-2H3;(H,6,7). The van der Waals surface area contributed by atoms with E-state index in [4.69, 9.17) is 21.5 Å². The first-order valence-corrected chi connectivity index (χ1v) is 10.4. The number of nitrogens with zero attached hydrogens (tertiary/aromatic N) is 2. The van der Waals surface area contributed by atoms with Crippen LogP contribution in [-0.2, 0) is 4.79 Å². The third kappa shape index (κ3) is 6.61. The van der Waals surface area contributed by atoms with Crippen LogP contribution in [0.3, 0.4) is 0 Å². The quantitative estimate of drug-likeness (QED) is 0.628. The second kappa shape index (κ2) is 11.2. The number of aliphatic carboxylic acids is 1. The topological polar surface area (TPSA) is 72.9 Å². The molecule has 0 aromatic heterocycles. The van der Waals surface area contributed by atoms with Crippen molar-refractivity contribution in [1.82, 2.24) is 9.80 Å². The van der Waals surface area contributed by atoms with Gasteiger partial charge in [0.1, 0.15) is 6.17 Å². The third-order valence-electron chi connectivity index (χ3n) is 5.00. The van der Waals surface area contributed by atoms with Crippen molar-refractivity contribution in [1.29, 1.82) is 0 Å². The van der Waals surface area contributed by atoms with Gasteiger partial charge in [-0.3, -0.25) is 4.79 Å². The molecule has 0 spiro atoms. The minimum absolute atomic E-state index is 0.0708. The van der Waals surface area contributed by atoms with E-state index < -0.39 is 12.1 Å². The van der Waals surface area contributed by atoms with Crippen molar-refractivity contribution in [2.45, 2.75) is 26.2 Å². The van der Waals surface area contributed by atoms with Crippen LogP contribution in [-0.4, -0.2) is 59.1 Å². The van der Waals surface area contributed by atoms with Crippen LogP contribution in [0.2, 0.25) is 5.02 Å². The average Bonchev–Trinajstić information content (AvgIpc) is 2.76. The molecule has 174 valence electrons. The van der Waals surface area contributed by atoms with Crippen molar-refractivity contribution >= 4 is 29.2 Å². The molecule has 0 saturated carbocycles. The third-order valence-corrected chi connectivity index (χ3v) is 5.25. The van der Waals surface area contributed by atoms with E-state index in [1.807, 2.05) is 53.4 Å². The highest BCUT2D eigenvalue weighted by atomic mass is 35.5. The van der Waals surface area contributed by atoms with Gasteiger partial charge in [-0.25, -0.2) is 4.79 Å². The number of carboxylic acid groups (broad SMARTS) is 1. The molecule has 0 bridgehead atoms. The number of amides is 1. The Balaban J connectivity index is 0.000000451. The summed E-state index contributed by atoms with van der Waals surface area (Å²) < 4.78 is 31.7. The number of fused-ring (bicyclic) bond motifs is 1. The number of carbonyl (C=O) groups is 2. The number of hydrogen-bond acceptors (Lipinski definition) is 4. The summed E-state index contributed by atoms with van der Waals surface area (Å²) in [7, 11) is 0. The molecule has 3 rings (SSSR count). The molecule has 10 heteroatoms. The number of rotatable bonds is 6. The zero-order valence-corrected chi connectivity index (χ0v) is 18.5. The van der Waals surface area contributed by atoms with E-state index in [-0.39, 0.29) is 12.1 Å². The normalized spacial score (nSPS) is 15.5. The van der Waals surface area contributed by atoms with Gasteiger partial charge >= 0.3 is 12.1 Å². The number of carboxylic acids is 1. The van der Waals surface area contributed by atoms with Gasteiger partial charge in [-0.15, -0.1) is 0 Å². The Hall–Kier alpha value is -2.78. The van der Waals surface area contributed by atoms with Crippen LogP contribution in [0.1, 0.15) is 35.9 Å². The number of alkyl halides is 3. The number of hydrogen-bond donors (Lipinski definition) is 2. The number of anilines is 1. The zero-order valence-electron chi connectivity index (χ0n) is 17.7. The first-order valence-electron chi connectivity index (χ1n) is 10.0. The van der Waals surface area contributed by atoms with E-state index in [0.717, 1.165) is 36.4 Å². The Morgan fingerprint density at radius 3 is 2.22 bits per heavy atom. The molecule has 0 fully saturated rings. The molecule has 1 unspecified atom stereocenters.